The van der Waals surface area contributed by atoms with Crippen LogP contribution in [0, 0.1) is 12.1 Å². The number of rotatable bonds is 4. The van der Waals surface area contributed by atoms with Crippen molar-refractivity contribution in [2.45, 2.75) is 13.1 Å². The molecule has 0 N–H and O–H groups in total. The van der Waals surface area contributed by atoms with Crippen molar-refractivity contribution in [1.29, 1.82) is 0 Å². The van der Waals surface area contributed by atoms with E-state index in [2.05, 4.69) is 52.3 Å². The predicted molar refractivity (Wildman–Crippen MR) is 127 cm³/mol. The summed E-state index contributed by atoms with van der Waals surface area (Å²) in [5.41, 5.74) is 4.50. The molecule has 0 aliphatic carbocycles. The van der Waals surface area contributed by atoms with E-state index >= 15 is 0 Å². The number of benzene rings is 3. The van der Waals surface area contributed by atoms with E-state index in [1.165, 1.54) is 5.56 Å². The maximum atomic E-state index is 6.07. The SMILES string of the molecule is c1ccc2c(c#1)OCN(c1ccc(Oc3ccc(N4COc5ccccc5C4)cc3)cc1)C2. The largest absolute Gasteiger partial charge is 0.473 e. The third kappa shape index (κ3) is 3.99. The van der Waals surface area contributed by atoms with E-state index in [4.69, 9.17) is 14.2 Å². The molecular formula is C28H22N2O3. The molecule has 5 nitrogen and oxygen atoms in total. The molecule has 0 bridgehead atoms. The normalized spacial score (nSPS) is 14.3. The average molecular weight is 434 g/mol. The zero-order valence-electron chi connectivity index (χ0n) is 18.0. The standard InChI is InChI=1S/C28H22N2O3/c1-3-7-27-21(5-1)17-29(19-31-27)23-9-13-25(14-10-23)33-26-15-11-24(12-16-26)30-18-22-6-2-4-8-28(22)32-20-30/h1-3,5-7,9-16H,17-20H2. The van der Waals surface area contributed by atoms with Crippen LogP contribution in [0.1, 0.15) is 11.1 Å². The summed E-state index contributed by atoms with van der Waals surface area (Å²) in [4.78, 5) is 4.38. The molecule has 33 heavy (non-hydrogen) atoms. The third-order valence-electron chi connectivity index (χ3n) is 5.92. The zero-order valence-corrected chi connectivity index (χ0v) is 18.0. The first-order chi connectivity index (χ1) is 16.3. The molecule has 0 spiro atoms. The molecule has 0 saturated carbocycles. The Labute approximate surface area is 193 Å². The average Bonchev–Trinajstić information content (AvgIpc) is 2.89. The Morgan fingerprint density at radius 2 is 1.30 bits per heavy atom. The summed E-state index contributed by atoms with van der Waals surface area (Å²) in [5, 5.41) is 0. The minimum atomic E-state index is 0.494. The van der Waals surface area contributed by atoms with Gasteiger partial charge in [0.1, 0.15) is 17.2 Å². The van der Waals surface area contributed by atoms with E-state index in [9.17, 15) is 0 Å². The fourth-order valence-corrected chi connectivity index (χ4v) is 4.14. The van der Waals surface area contributed by atoms with Gasteiger partial charge in [-0.05, 0) is 72.8 Å². The Morgan fingerprint density at radius 1 is 0.667 bits per heavy atom. The minimum absolute atomic E-state index is 0.494. The molecule has 0 fully saturated rings. The van der Waals surface area contributed by atoms with Crippen LogP contribution in [0.2, 0.25) is 0 Å². The summed E-state index contributed by atoms with van der Waals surface area (Å²) in [6, 6.07) is 34.2. The van der Waals surface area contributed by atoms with Crippen LogP contribution < -0.4 is 24.0 Å². The van der Waals surface area contributed by atoms with Gasteiger partial charge in [-0.3, -0.25) is 0 Å². The Balaban J connectivity index is 1.10. The fourth-order valence-electron chi connectivity index (χ4n) is 4.14. The van der Waals surface area contributed by atoms with Crippen LogP contribution in [0.25, 0.3) is 0 Å². The van der Waals surface area contributed by atoms with Gasteiger partial charge in [0.2, 0.25) is 0 Å². The lowest BCUT2D eigenvalue weighted by Crippen LogP contribution is -2.31. The monoisotopic (exact) mass is 434 g/mol. The number of anilines is 2. The summed E-state index contributed by atoms with van der Waals surface area (Å²) in [6.07, 6.45) is 0. The first kappa shape index (κ1) is 19.4. The second kappa shape index (κ2) is 8.33. The second-order valence-corrected chi connectivity index (χ2v) is 8.10. The van der Waals surface area contributed by atoms with Gasteiger partial charge in [0.25, 0.3) is 0 Å². The highest BCUT2D eigenvalue weighted by atomic mass is 16.5. The van der Waals surface area contributed by atoms with E-state index < -0.39 is 0 Å². The predicted octanol–water partition coefficient (Wildman–Crippen LogP) is 5.79. The summed E-state index contributed by atoms with van der Waals surface area (Å²) < 4.78 is 17.7. The lowest BCUT2D eigenvalue weighted by molar-refractivity contribution is 0.289. The van der Waals surface area contributed by atoms with Crippen molar-refractivity contribution in [1.82, 2.24) is 0 Å². The van der Waals surface area contributed by atoms with Gasteiger partial charge in [-0.1, -0.05) is 24.3 Å². The molecule has 4 aromatic carbocycles. The zero-order chi connectivity index (χ0) is 22.0. The summed E-state index contributed by atoms with van der Waals surface area (Å²) in [7, 11) is 0. The third-order valence-corrected chi connectivity index (χ3v) is 5.92. The van der Waals surface area contributed by atoms with Crippen molar-refractivity contribution < 1.29 is 14.2 Å². The van der Waals surface area contributed by atoms with E-state index in [0.29, 0.717) is 13.5 Å². The number of hydrogen-bond acceptors (Lipinski definition) is 5. The van der Waals surface area contributed by atoms with E-state index in [1.807, 2.05) is 54.6 Å². The molecule has 0 radical (unpaired) electrons. The van der Waals surface area contributed by atoms with E-state index in [1.54, 1.807) is 0 Å². The first-order valence-electron chi connectivity index (χ1n) is 10.9. The van der Waals surface area contributed by atoms with Crippen LogP contribution in [0.3, 0.4) is 0 Å². The Morgan fingerprint density at radius 3 is 2.03 bits per heavy atom. The number of para-hydroxylation sites is 1. The van der Waals surface area contributed by atoms with Crippen LogP contribution >= 0.6 is 0 Å². The number of ether oxygens (including phenoxy) is 3. The molecule has 0 amide bonds. The number of fused-ring (bicyclic) bond motifs is 2. The molecule has 2 aliphatic rings. The van der Waals surface area contributed by atoms with Gasteiger partial charge in [-0.25, -0.2) is 0 Å². The summed E-state index contributed by atoms with van der Waals surface area (Å²) in [5.74, 6) is 3.35. The van der Waals surface area contributed by atoms with Crippen LogP contribution in [-0.4, -0.2) is 13.5 Å². The summed E-state index contributed by atoms with van der Waals surface area (Å²) >= 11 is 0. The molecule has 4 aromatic rings. The molecule has 0 unspecified atom stereocenters. The second-order valence-electron chi connectivity index (χ2n) is 8.10. The van der Waals surface area contributed by atoms with E-state index in [0.717, 1.165) is 53.0 Å². The van der Waals surface area contributed by atoms with Crippen molar-refractivity contribution in [3.8, 4) is 23.0 Å². The van der Waals surface area contributed by atoms with Crippen LogP contribution in [0.5, 0.6) is 23.0 Å². The van der Waals surface area contributed by atoms with E-state index in [-0.39, 0.29) is 0 Å². The minimum Gasteiger partial charge on any atom is -0.473 e. The lowest BCUT2D eigenvalue weighted by atomic mass is 10.1. The number of hydrogen-bond donors (Lipinski definition) is 0. The van der Waals surface area contributed by atoms with Crippen LogP contribution in [0.15, 0.2) is 84.9 Å². The van der Waals surface area contributed by atoms with Gasteiger partial charge in [-0.15, -0.1) is 0 Å². The molecule has 6 rings (SSSR count). The highest BCUT2D eigenvalue weighted by Crippen LogP contribution is 2.31. The molecule has 162 valence electrons. The van der Waals surface area contributed by atoms with Crippen molar-refractivity contribution >= 4 is 11.4 Å². The topological polar surface area (TPSA) is 34.2 Å². The van der Waals surface area contributed by atoms with Gasteiger partial charge in [-0.2, -0.15) is 0 Å². The first-order valence-corrected chi connectivity index (χ1v) is 10.9. The Bertz CT molecular complexity index is 1160. The molecule has 2 aliphatic heterocycles. The van der Waals surface area contributed by atoms with Crippen molar-refractivity contribution in [3.63, 3.8) is 0 Å². The highest BCUT2D eigenvalue weighted by Gasteiger charge is 2.18. The fraction of sp³-hybridized carbons (Fsp3) is 0.143. The highest BCUT2D eigenvalue weighted by molar-refractivity contribution is 5.54. The quantitative estimate of drug-likeness (QED) is 0.406. The molecule has 5 heteroatoms. The Hall–Kier alpha value is -4.30. The molecular weight excluding hydrogens is 412 g/mol. The van der Waals surface area contributed by atoms with Crippen molar-refractivity contribution in [3.05, 3.63) is 108 Å². The van der Waals surface area contributed by atoms with Gasteiger partial charge >= 0.3 is 0 Å². The molecule has 2 heterocycles. The molecule has 0 aromatic heterocycles. The molecule has 0 atom stereocenters. The van der Waals surface area contributed by atoms with Gasteiger partial charge < -0.3 is 24.0 Å². The van der Waals surface area contributed by atoms with Gasteiger partial charge in [0, 0.05) is 29.0 Å². The maximum absolute atomic E-state index is 6.07. The maximum Gasteiger partial charge on any atom is 0.177 e. The van der Waals surface area contributed by atoms with Crippen molar-refractivity contribution in [2.24, 2.45) is 0 Å². The summed E-state index contributed by atoms with van der Waals surface area (Å²) in [6.45, 7) is 2.65. The van der Waals surface area contributed by atoms with Crippen LogP contribution in [-0.2, 0) is 13.1 Å². The number of nitrogens with zero attached hydrogens (tertiary/aromatic N) is 2. The van der Waals surface area contributed by atoms with Gasteiger partial charge in [0.15, 0.2) is 19.2 Å². The Kier molecular flexibility index (Phi) is 4.89. The smallest absolute Gasteiger partial charge is 0.177 e. The lowest BCUT2D eigenvalue weighted by Gasteiger charge is -2.30. The molecule has 0 saturated heterocycles. The van der Waals surface area contributed by atoms with Crippen molar-refractivity contribution in [2.75, 3.05) is 23.3 Å². The van der Waals surface area contributed by atoms with Gasteiger partial charge in [0.05, 0.1) is 6.54 Å². The van der Waals surface area contributed by atoms with Crippen LogP contribution in [0.4, 0.5) is 11.4 Å².